The second kappa shape index (κ2) is 8.40. The fourth-order valence-electron chi connectivity index (χ4n) is 4.16. The average Bonchev–Trinajstić information content (AvgIpc) is 3.07. The van der Waals surface area contributed by atoms with Crippen LogP contribution in [0, 0.1) is 5.92 Å². The van der Waals surface area contributed by atoms with Gasteiger partial charge >= 0.3 is 0 Å². The molecular formula is C24H28NO5+. The van der Waals surface area contributed by atoms with Gasteiger partial charge in [-0.05, 0) is 54.7 Å². The number of phenolic OH excluding ortho intramolecular Hbond substituents is 1. The summed E-state index contributed by atoms with van der Waals surface area (Å²) >= 11 is 0. The summed E-state index contributed by atoms with van der Waals surface area (Å²) in [7, 11) is 3.15. The van der Waals surface area contributed by atoms with E-state index in [9.17, 15) is 9.90 Å². The van der Waals surface area contributed by atoms with Crippen LogP contribution in [0.15, 0.2) is 36.1 Å². The van der Waals surface area contributed by atoms with Gasteiger partial charge in [-0.1, -0.05) is 13.0 Å². The highest BCUT2D eigenvalue weighted by Gasteiger charge is 2.33. The van der Waals surface area contributed by atoms with Crippen LogP contribution >= 0.6 is 0 Å². The van der Waals surface area contributed by atoms with Crippen molar-refractivity contribution in [2.45, 2.75) is 26.3 Å². The van der Waals surface area contributed by atoms with Gasteiger partial charge in [0.05, 0.1) is 38.4 Å². The molecule has 0 unspecified atom stereocenters. The van der Waals surface area contributed by atoms with Gasteiger partial charge < -0.3 is 24.2 Å². The maximum Gasteiger partial charge on any atom is 0.231 e. The molecule has 2 aromatic carbocycles. The molecule has 0 atom stereocenters. The van der Waals surface area contributed by atoms with Crippen LogP contribution in [-0.2, 0) is 6.54 Å². The number of quaternary nitrogens is 1. The van der Waals surface area contributed by atoms with Gasteiger partial charge in [0.25, 0.3) is 0 Å². The standard InChI is InChI=1S/C24H27NO5/c1-15-8-10-25(11-9-15)14-18-19(26)6-5-17-23(27)22(30-24(17)18)13-16-4-7-20(28-2)21(12-16)29-3/h4-7,12-13,15,26H,8-11,14H2,1-3H3/p+1. The Morgan fingerprint density at radius 2 is 1.87 bits per heavy atom. The first-order valence-corrected chi connectivity index (χ1v) is 10.3. The second-order valence-corrected chi connectivity index (χ2v) is 8.10. The number of carbonyl (C=O) groups is 1. The number of rotatable bonds is 5. The van der Waals surface area contributed by atoms with Crippen LogP contribution in [0.2, 0.25) is 0 Å². The van der Waals surface area contributed by atoms with E-state index in [1.165, 1.54) is 17.7 Å². The van der Waals surface area contributed by atoms with E-state index in [1.54, 1.807) is 44.6 Å². The number of carbonyl (C=O) groups excluding carboxylic acids is 1. The number of ether oxygens (including phenoxy) is 3. The number of likely N-dealkylation sites (tertiary alicyclic amines) is 1. The number of nitrogens with one attached hydrogen (secondary N) is 1. The summed E-state index contributed by atoms with van der Waals surface area (Å²) < 4.78 is 16.6. The van der Waals surface area contributed by atoms with Crippen LogP contribution in [0.25, 0.3) is 6.08 Å². The summed E-state index contributed by atoms with van der Waals surface area (Å²) in [5.74, 6) is 2.67. The number of benzene rings is 2. The van der Waals surface area contributed by atoms with Crippen molar-refractivity contribution < 1.29 is 29.0 Å². The van der Waals surface area contributed by atoms with E-state index in [0.717, 1.165) is 24.6 Å². The molecule has 2 aromatic rings. The fraction of sp³-hybridized carbons (Fsp3) is 0.375. The molecule has 1 fully saturated rings. The van der Waals surface area contributed by atoms with Gasteiger partial charge in [-0.15, -0.1) is 0 Å². The largest absolute Gasteiger partial charge is 0.507 e. The number of allylic oxidation sites excluding steroid dienone is 1. The van der Waals surface area contributed by atoms with E-state index in [0.29, 0.717) is 34.9 Å². The molecule has 0 radical (unpaired) electrons. The monoisotopic (exact) mass is 410 g/mol. The maximum absolute atomic E-state index is 12.9. The Morgan fingerprint density at radius 3 is 2.57 bits per heavy atom. The van der Waals surface area contributed by atoms with Crippen molar-refractivity contribution in [3.63, 3.8) is 0 Å². The van der Waals surface area contributed by atoms with Gasteiger partial charge in [0, 0.05) is 0 Å². The minimum atomic E-state index is -0.177. The lowest BCUT2D eigenvalue weighted by molar-refractivity contribution is -0.919. The van der Waals surface area contributed by atoms with Crippen LogP contribution in [-0.4, -0.2) is 38.2 Å². The van der Waals surface area contributed by atoms with Crippen LogP contribution in [0.4, 0.5) is 0 Å². The number of hydrogen-bond donors (Lipinski definition) is 2. The number of aromatic hydroxyl groups is 1. The highest BCUT2D eigenvalue weighted by atomic mass is 16.5. The maximum atomic E-state index is 12.9. The fourth-order valence-corrected chi connectivity index (χ4v) is 4.16. The Hall–Kier alpha value is -2.99. The highest BCUT2D eigenvalue weighted by molar-refractivity contribution is 6.15. The Kier molecular flexibility index (Phi) is 5.68. The predicted molar refractivity (Wildman–Crippen MR) is 113 cm³/mol. The van der Waals surface area contributed by atoms with E-state index in [4.69, 9.17) is 14.2 Å². The third-order valence-corrected chi connectivity index (χ3v) is 6.03. The molecule has 0 aromatic heterocycles. The molecule has 4 rings (SSSR count). The van der Waals surface area contributed by atoms with Crippen LogP contribution < -0.4 is 19.1 Å². The first kappa shape index (κ1) is 20.3. The number of phenols is 1. The summed E-state index contributed by atoms with van der Waals surface area (Å²) in [4.78, 5) is 14.3. The van der Waals surface area contributed by atoms with Crippen molar-refractivity contribution in [3.05, 3.63) is 52.8 Å². The zero-order valence-electron chi connectivity index (χ0n) is 17.7. The quantitative estimate of drug-likeness (QED) is 0.742. The minimum Gasteiger partial charge on any atom is -0.507 e. The molecule has 6 heteroatoms. The van der Waals surface area contributed by atoms with Crippen molar-refractivity contribution in [2.24, 2.45) is 5.92 Å². The summed E-state index contributed by atoms with van der Waals surface area (Å²) in [6.07, 6.45) is 4.05. The lowest BCUT2D eigenvalue weighted by Crippen LogP contribution is -3.11. The van der Waals surface area contributed by atoms with Crippen molar-refractivity contribution >= 4 is 11.9 Å². The van der Waals surface area contributed by atoms with Crippen molar-refractivity contribution in [1.82, 2.24) is 0 Å². The highest BCUT2D eigenvalue weighted by Crippen LogP contribution is 2.39. The average molecular weight is 410 g/mol. The molecule has 30 heavy (non-hydrogen) atoms. The number of Topliss-reactive ketones (excluding diaryl/α,β-unsaturated/α-hetero) is 1. The Balaban J connectivity index is 1.62. The van der Waals surface area contributed by atoms with Gasteiger partial charge in [0.15, 0.2) is 23.0 Å². The van der Waals surface area contributed by atoms with E-state index < -0.39 is 0 Å². The third-order valence-electron chi connectivity index (χ3n) is 6.03. The number of fused-ring (bicyclic) bond motifs is 1. The molecule has 2 N–H and O–H groups in total. The number of ketones is 1. The zero-order chi connectivity index (χ0) is 21.3. The Labute approximate surface area is 176 Å². The first-order valence-electron chi connectivity index (χ1n) is 10.3. The molecule has 0 bridgehead atoms. The van der Waals surface area contributed by atoms with Crippen LogP contribution in [0.1, 0.15) is 41.3 Å². The van der Waals surface area contributed by atoms with E-state index >= 15 is 0 Å². The second-order valence-electron chi connectivity index (χ2n) is 8.10. The zero-order valence-corrected chi connectivity index (χ0v) is 17.7. The smallest absolute Gasteiger partial charge is 0.231 e. The predicted octanol–water partition coefficient (Wildman–Crippen LogP) is 2.84. The SMILES string of the molecule is COc1ccc(C=C2Oc3c(ccc(O)c3C[NH+]3CCC(C)CC3)C2=O)cc1OC. The molecule has 2 heterocycles. The normalized spacial score (nSPS) is 22.0. The number of methoxy groups -OCH3 is 2. The van der Waals surface area contributed by atoms with Gasteiger partial charge in [0.2, 0.25) is 5.78 Å². The summed E-state index contributed by atoms with van der Waals surface area (Å²) in [5.41, 5.74) is 1.98. The summed E-state index contributed by atoms with van der Waals surface area (Å²) in [5, 5.41) is 10.5. The van der Waals surface area contributed by atoms with Crippen LogP contribution in [0.3, 0.4) is 0 Å². The van der Waals surface area contributed by atoms with Gasteiger partial charge in [0.1, 0.15) is 12.3 Å². The Morgan fingerprint density at radius 1 is 1.13 bits per heavy atom. The molecule has 6 nitrogen and oxygen atoms in total. The van der Waals surface area contributed by atoms with Crippen molar-refractivity contribution in [3.8, 4) is 23.0 Å². The molecule has 1 saturated heterocycles. The van der Waals surface area contributed by atoms with Crippen molar-refractivity contribution in [1.29, 1.82) is 0 Å². The molecule has 158 valence electrons. The van der Waals surface area contributed by atoms with Gasteiger partial charge in [-0.25, -0.2) is 0 Å². The molecule has 2 aliphatic rings. The first-order chi connectivity index (χ1) is 14.5. The van der Waals surface area contributed by atoms with E-state index in [1.807, 2.05) is 6.07 Å². The van der Waals surface area contributed by atoms with E-state index in [2.05, 4.69) is 6.92 Å². The molecule has 0 saturated carbocycles. The van der Waals surface area contributed by atoms with Crippen LogP contribution in [0.5, 0.6) is 23.0 Å². The summed E-state index contributed by atoms with van der Waals surface area (Å²) in [6.45, 7) is 5.05. The van der Waals surface area contributed by atoms with Gasteiger partial charge in [-0.3, -0.25) is 4.79 Å². The minimum absolute atomic E-state index is 0.177. The third kappa shape index (κ3) is 3.87. The number of hydrogen-bond acceptors (Lipinski definition) is 5. The molecule has 0 amide bonds. The summed E-state index contributed by atoms with van der Waals surface area (Å²) in [6, 6.07) is 8.66. The molecule has 0 aliphatic carbocycles. The van der Waals surface area contributed by atoms with E-state index in [-0.39, 0.29) is 17.3 Å². The number of piperidine rings is 1. The lowest BCUT2D eigenvalue weighted by Gasteiger charge is -2.27. The molecular weight excluding hydrogens is 382 g/mol. The van der Waals surface area contributed by atoms with Gasteiger partial charge in [-0.2, -0.15) is 0 Å². The molecule has 2 aliphatic heterocycles. The molecule has 0 spiro atoms. The lowest BCUT2D eigenvalue weighted by atomic mass is 9.98. The van der Waals surface area contributed by atoms with Crippen molar-refractivity contribution in [2.75, 3.05) is 27.3 Å². The topological polar surface area (TPSA) is 69.4 Å². The Bertz CT molecular complexity index is 989.